The third kappa shape index (κ3) is 4.35. The summed E-state index contributed by atoms with van der Waals surface area (Å²) in [6, 6.07) is 5.75. The summed E-state index contributed by atoms with van der Waals surface area (Å²) >= 11 is 0. The van der Waals surface area contributed by atoms with E-state index in [9.17, 15) is 21.6 Å². The van der Waals surface area contributed by atoms with Crippen LogP contribution in [0.3, 0.4) is 0 Å². The van der Waals surface area contributed by atoms with Gasteiger partial charge in [0.25, 0.3) is 0 Å². The van der Waals surface area contributed by atoms with Gasteiger partial charge in [-0.25, -0.2) is 31.1 Å². The van der Waals surface area contributed by atoms with E-state index in [-0.39, 0.29) is 17.5 Å². The number of rotatable bonds is 8. The summed E-state index contributed by atoms with van der Waals surface area (Å²) in [5.41, 5.74) is 0.0693. The number of carbonyl (C=O) groups is 1. The van der Waals surface area contributed by atoms with E-state index in [2.05, 4.69) is 14.5 Å². The van der Waals surface area contributed by atoms with Crippen molar-refractivity contribution in [3.05, 3.63) is 41.7 Å². The van der Waals surface area contributed by atoms with Gasteiger partial charge in [0, 0.05) is 19.6 Å². The van der Waals surface area contributed by atoms with Crippen LogP contribution in [0.15, 0.2) is 40.3 Å². The summed E-state index contributed by atoms with van der Waals surface area (Å²) in [5.74, 6) is -1.41. The summed E-state index contributed by atoms with van der Waals surface area (Å²) in [6.45, 7) is -0.132. The van der Waals surface area contributed by atoms with Gasteiger partial charge in [0.1, 0.15) is 4.90 Å². The van der Waals surface area contributed by atoms with Gasteiger partial charge in [0.05, 0.1) is 11.1 Å². The second-order valence-corrected chi connectivity index (χ2v) is 9.60. The zero-order valence-corrected chi connectivity index (χ0v) is 15.9. The predicted octanol–water partition coefficient (Wildman–Crippen LogP) is 0.0375. The molecule has 3 N–H and O–H groups in total. The first-order valence-corrected chi connectivity index (χ1v) is 10.9. The van der Waals surface area contributed by atoms with E-state index in [1.165, 1.54) is 31.3 Å². The Morgan fingerprint density at radius 3 is 2.37 bits per heavy atom. The molecule has 0 bridgehead atoms. The minimum atomic E-state index is -4.10. The number of hydrogen-bond acceptors (Lipinski definition) is 6. The Morgan fingerprint density at radius 1 is 1.19 bits per heavy atom. The van der Waals surface area contributed by atoms with Crippen molar-refractivity contribution in [1.82, 2.24) is 19.2 Å². The Morgan fingerprint density at radius 2 is 1.81 bits per heavy atom. The molecule has 3 rings (SSSR count). The van der Waals surface area contributed by atoms with Gasteiger partial charge < -0.3 is 5.11 Å². The Kier molecular flexibility index (Phi) is 5.08. The maximum absolute atomic E-state index is 12.4. The Bertz CT molecular complexity index is 1070. The van der Waals surface area contributed by atoms with E-state index >= 15 is 0 Å². The predicted molar refractivity (Wildman–Crippen MR) is 94.0 cm³/mol. The van der Waals surface area contributed by atoms with Gasteiger partial charge in [0.15, 0.2) is 5.69 Å². The Hall–Kier alpha value is -2.28. The van der Waals surface area contributed by atoms with Crippen LogP contribution in [0.25, 0.3) is 0 Å². The number of carboxylic acid groups (broad SMARTS) is 1. The lowest BCUT2D eigenvalue weighted by Gasteiger charge is -2.08. The number of aromatic carboxylic acids is 1. The number of benzene rings is 1. The molecule has 0 saturated heterocycles. The van der Waals surface area contributed by atoms with Gasteiger partial charge in [-0.3, -0.25) is 4.68 Å². The monoisotopic (exact) mass is 414 g/mol. The molecule has 12 heteroatoms. The number of nitrogens with one attached hydrogen (secondary N) is 2. The molecular formula is C15H18N4O6S2. The molecule has 1 fully saturated rings. The summed E-state index contributed by atoms with van der Waals surface area (Å²) in [5, 5.41) is 12.8. The molecule has 1 heterocycles. The number of aryl methyl sites for hydroxylation is 1. The second kappa shape index (κ2) is 7.03. The van der Waals surface area contributed by atoms with E-state index in [1.54, 1.807) is 0 Å². The van der Waals surface area contributed by atoms with Gasteiger partial charge in [0.2, 0.25) is 20.0 Å². The summed E-state index contributed by atoms with van der Waals surface area (Å²) in [7, 11) is -6.35. The van der Waals surface area contributed by atoms with Crippen molar-refractivity contribution >= 4 is 26.0 Å². The van der Waals surface area contributed by atoms with Crippen LogP contribution in [-0.2, 0) is 33.6 Å². The molecule has 1 aliphatic carbocycles. The average molecular weight is 414 g/mol. The molecule has 1 aromatic carbocycles. The first kappa shape index (κ1) is 19.5. The molecule has 0 spiro atoms. The number of sulfonamides is 2. The minimum Gasteiger partial charge on any atom is -0.476 e. The first-order valence-electron chi connectivity index (χ1n) is 7.96. The van der Waals surface area contributed by atoms with Crippen molar-refractivity contribution in [3.63, 3.8) is 0 Å². The molecule has 1 aromatic heterocycles. The van der Waals surface area contributed by atoms with E-state index in [1.807, 2.05) is 0 Å². The summed E-state index contributed by atoms with van der Waals surface area (Å²) in [6.07, 6.45) is 2.61. The molecule has 1 saturated carbocycles. The van der Waals surface area contributed by atoms with Crippen LogP contribution in [-0.4, -0.2) is 43.7 Å². The molecule has 1 aliphatic rings. The van der Waals surface area contributed by atoms with Crippen LogP contribution in [0.2, 0.25) is 0 Å². The third-order valence-electron chi connectivity index (χ3n) is 4.00. The van der Waals surface area contributed by atoms with Crippen molar-refractivity contribution in [3.8, 4) is 0 Å². The molecule has 10 nitrogen and oxygen atoms in total. The molecule has 27 heavy (non-hydrogen) atoms. The molecule has 2 aromatic rings. The number of aromatic nitrogens is 2. The molecule has 0 amide bonds. The summed E-state index contributed by atoms with van der Waals surface area (Å²) < 4.78 is 54.8. The van der Waals surface area contributed by atoms with Gasteiger partial charge in [-0.2, -0.15) is 5.10 Å². The number of nitrogens with zero attached hydrogens (tertiary/aromatic N) is 2. The zero-order chi connectivity index (χ0) is 19.8. The van der Waals surface area contributed by atoms with Crippen LogP contribution in [0.1, 0.15) is 28.9 Å². The normalized spacial score (nSPS) is 15.0. The van der Waals surface area contributed by atoms with E-state index in [0.717, 1.165) is 23.7 Å². The Labute approximate surface area is 156 Å². The van der Waals surface area contributed by atoms with Crippen LogP contribution >= 0.6 is 0 Å². The maximum atomic E-state index is 12.4. The number of hydrogen-bond donors (Lipinski definition) is 3. The van der Waals surface area contributed by atoms with Crippen molar-refractivity contribution in [2.45, 2.75) is 35.2 Å². The molecule has 0 atom stereocenters. The highest BCUT2D eigenvalue weighted by Crippen LogP contribution is 2.22. The minimum absolute atomic E-state index is 0.00982. The molecular weight excluding hydrogens is 396 g/mol. The largest absolute Gasteiger partial charge is 0.476 e. The fourth-order valence-electron chi connectivity index (χ4n) is 2.39. The zero-order valence-electron chi connectivity index (χ0n) is 14.3. The quantitative estimate of drug-likeness (QED) is 0.552. The second-order valence-electron chi connectivity index (χ2n) is 6.15. The highest BCUT2D eigenvalue weighted by Gasteiger charge is 2.28. The van der Waals surface area contributed by atoms with Crippen molar-refractivity contribution in [1.29, 1.82) is 0 Å². The Balaban J connectivity index is 1.72. The van der Waals surface area contributed by atoms with Crippen LogP contribution < -0.4 is 9.44 Å². The van der Waals surface area contributed by atoms with Crippen molar-refractivity contribution in [2.24, 2.45) is 7.05 Å². The maximum Gasteiger partial charge on any atom is 0.355 e. The standard InChI is InChI=1S/C15H18N4O6S2/c1-19-14(15(20)21)13(9-16-19)27(24,25)17-8-10-2-6-12(7-3-10)26(22,23)18-11-4-5-11/h2-3,6-7,9,11,17-18H,4-5,8H2,1H3,(H,20,21). The third-order valence-corrected chi connectivity index (χ3v) is 6.93. The van der Waals surface area contributed by atoms with E-state index in [0.29, 0.717) is 5.56 Å². The highest BCUT2D eigenvalue weighted by molar-refractivity contribution is 7.89. The molecule has 0 aliphatic heterocycles. The van der Waals surface area contributed by atoms with Crippen LogP contribution in [0.5, 0.6) is 0 Å². The molecule has 0 radical (unpaired) electrons. The van der Waals surface area contributed by atoms with Gasteiger partial charge in [-0.05, 0) is 30.5 Å². The van der Waals surface area contributed by atoms with E-state index < -0.39 is 36.6 Å². The first-order chi connectivity index (χ1) is 12.6. The van der Waals surface area contributed by atoms with Gasteiger partial charge in [-0.1, -0.05) is 12.1 Å². The van der Waals surface area contributed by atoms with Gasteiger partial charge >= 0.3 is 5.97 Å². The smallest absolute Gasteiger partial charge is 0.355 e. The van der Waals surface area contributed by atoms with Crippen molar-refractivity contribution in [2.75, 3.05) is 0 Å². The average Bonchev–Trinajstić information content (AvgIpc) is 3.30. The topological polar surface area (TPSA) is 147 Å². The van der Waals surface area contributed by atoms with E-state index in [4.69, 9.17) is 5.11 Å². The summed E-state index contributed by atoms with van der Waals surface area (Å²) in [4.78, 5) is 10.9. The molecule has 146 valence electrons. The molecule has 0 unspecified atom stereocenters. The van der Waals surface area contributed by atoms with Crippen molar-refractivity contribution < 1.29 is 26.7 Å². The highest BCUT2D eigenvalue weighted by atomic mass is 32.2. The van der Waals surface area contributed by atoms with Gasteiger partial charge in [-0.15, -0.1) is 0 Å². The fraction of sp³-hybridized carbons (Fsp3) is 0.333. The fourth-order valence-corrected chi connectivity index (χ4v) is 4.87. The lowest BCUT2D eigenvalue weighted by molar-refractivity contribution is 0.0680. The van der Waals surface area contributed by atoms with Crippen LogP contribution in [0.4, 0.5) is 0 Å². The number of carboxylic acids is 1. The SMILES string of the molecule is Cn1ncc(S(=O)(=O)NCc2ccc(S(=O)(=O)NC3CC3)cc2)c1C(=O)O. The van der Waals surface area contributed by atoms with Crippen LogP contribution in [0, 0.1) is 0 Å². The lowest BCUT2D eigenvalue weighted by atomic mass is 10.2. The lowest BCUT2D eigenvalue weighted by Crippen LogP contribution is -2.26.